The summed E-state index contributed by atoms with van der Waals surface area (Å²) in [6.07, 6.45) is 3.59. The molecule has 102 valence electrons. The van der Waals surface area contributed by atoms with Crippen LogP contribution in [0, 0.1) is 12.8 Å². The Morgan fingerprint density at radius 3 is 2.95 bits per heavy atom. The lowest BCUT2D eigenvalue weighted by atomic mass is 9.87. The fourth-order valence-electron chi connectivity index (χ4n) is 2.51. The van der Waals surface area contributed by atoms with Crippen LogP contribution in [0.15, 0.2) is 24.4 Å². The van der Waals surface area contributed by atoms with Crippen LogP contribution in [-0.4, -0.2) is 26.0 Å². The molecule has 1 aliphatic rings. The number of hydrogen-bond donors (Lipinski definition) is 1. The van der Waals surface area contributed by atoms with Gasteiger partial charge in [0.05, 0.1) is 5.92 Å². The molecule has 3 rings (SSSR count). The van der Waals surface area contributed by atoms with Crippen molar-refractivity contribution in [3.05, 3.63) is 41.3 Å². The molecule has 2 aromatic rings. The minimum absolute atomic E-state index is 0.311. The van der Waals surface area contributed by atoms with E-state index in [0.717, 1.165) is 22.6 Å². The first-order valence-corrected chi connectivity index (χ1v) is 6.65. The quantitative estimate of drug-likeness (QED) is 0.902. The number of rotatable bonds is 2. The lowest BCUT2D eigenvalue weighted by molar-refractivity contribution is -0.142. The zero-order valence-corrected chi connectivity index (χ0v) is 11.2. The molecule has 0 saturated heterocycles. The number of nitrogens with zero attached hydrogens (tertiary/aromatic N) is 3. The molecule has 0 radical (unpaired) electrons. The Morgan fingerprint density at radius 1 is 1.35 bits per heavy atom. The van der Waals surface area contributed by atoms with Gasteiger partial charge >= 0.3 is 5.97 Å². The molecule has 0 bridgehead atoms. The summed E-state index contributed by atoms with van der Waals surface area (Å²) >= 11 is 0. The Labute approximate surface area is 116 Å². The first kappa shape index (κ1) is 12.7. The molecule has 0 saturated carbocycles. The third-order valence-corrected chi connectivity index (χ3v) is 3.62. The zero-order valence-electron chi connectivity index (χ0n) is 11.2. The number of carboxylic acid groups (broad SMARTS) is 1. The molecule has 2 heterocycles. The summed E-state index contributed by atoms with van der Waals surface area (Å²) in [5.74, 6) is -0.435. The topological polar surface area (TPSA) is 76.0 Å². The Bertz CT molecular complexity index is 670. The summed E-state index contributed by atoms with van der Waals surface area (Å²) in [4.78, 5) is 24.3. The molecule has 0 fully saturated rings. The summed E-state index contributed by atoms with van der Waals surface area (Å²) in [6, 6.07) is 5.75. The fourth-order valence-corrected chi connectivity index (χ4v) is 2.51. The molecule has 5 nitrogen and oxygen atoms in total. The summed E-state index contributed by atoms with van der Waals surface area (Å²) in [5, 5.41) is 9.08. The number of carbonyl (C=O) groups is 1. The first-order valence-electron chi connectivity index (χ1n) is 6.65. The average Bonchev–Trinajstić information content (AvgIpc) is 2.46. The standard InChI is InChI=1S/C15H15N3O2/c1-9-3-2-4-13(17-9)14-16-8-11-7-10(15(19)20)5-6-12(11)18-14/h2-4,8,10H,5-7H2,1H3,(H,19,20). The van der Waals surface area contributed by atoms with Gasteiger partial charge in [-0.15, -0.1) is 0 Å². The highest BCUT2D eigenvalue weighted by atomic mass is 16.4. The van der Waals surface area contributed by atoms with Gasteiger partial charge in [0.25, 0.3) is 0 Å². The molecule has 1 aliphatic carbocycles. The van der Waals surface area contributed by atoms with E-state index in [-0.39, 0.29) is 5.92 Å². The largest absolute Gasteiger partial charge is 0.481 e. The highest BCUT2D eigenvalue weighted by molar-refractivity contribution is 5.71. The van der Waals surface area contributed by atoms with Gasteiger partial charge in [-0.3, -0.25) is 4.79 Å². The number of fused-ring (bicyclic) bond motifs is 1. The maximum absolute atomic E-state index is 11.0. The molecule has 1 N–H and O–H groups in total. The van der Waals surface area contributed by atoms with E-state index in [1.807, 2.05) is 25.1 Å². The maximum atomic E-state index is 11.0. The van der Waals surface area contributed by atoms with Crippen LogP contribution in [0.2, 0.25) is 0 Å². The van der Waals surface area contributed by atoms with Gasteiger partial charge in [-0.2, -0.15) is 0 Å². The van der Waals surface area contributed by atoms with Crippen molar-refractivity contribution in [2.75, 3.05) is 0 Å². The Morgan fingerprint density at radius 2 is 2.20 bits per heavy atom. The summed E-state index contributed by atoms with van der Waals surface area (Å²) in [7, 11) is 0. The van der Waals surface area contributed by atoms with Crippen LogP contribution < -0.4 is 0 Å². The highest BCUT2D eigenvalue weighted by Gasteiger charge is 2.25. The number of aryl methyl sites for hydroxylation is 2. The third-order valence-electron chi connectivity index (χ3n) is 3.62. The van der Waals surface area contributed by atoms with E-state index >= 15 is 0 Å². The van der Waals surface area contributed by atoms with Crippen molar-refractivity contribution >= 4 is 5.97 Å². The van der Waals surface area contributed by atoms with Crippen molar-refractivity contribution in [2.24, 2.45) is 5.92 Å². The van der Waals surface area contributed by atoms with Gasteiger partial charge in [-0.25, -0.2) is 15.0 Å². The van der Waals surface area contributed by atoms with Gasteiger partial charge in [0.15, 0.2) is 5.82 Å². The minimum Gasteiger partial charge on any atom is -0.481 e. The van der Waals surface area contributed by atoms with Crippen molar-refractivity contribution in [3.63, 3.8) is 0 Å². The average molecular weight is 269 g/mol. The van der Waals surface area contributed by atoms with Gasteiger partial charge in [0.2, 0.25) is 0 Å². The van der Waals surface area contributed by atoms with Gasteiger partial charge in [-0.1, -0.05) is 6.07 Å². The molecule has 0 aliphatic heterocycles. The second-order valence-electron chi connectivity index (χ2n) is 5.11. The molecule has 0 aromatic carbocycles. The first-order chi connectivity index (χ1) is 9.63. The van der Waals surface area contributed by atoms with Gasteiger partial charge in [0.1, 0.15) is 5.69 Å². The number of aliphatic carboxylic acids is 1. The summed E-state index contributed by atoms with van der Waals surface area (Å²) < 4.78 is 0. The molecule has 5 heteroatoms. The van der Waals surface area contributed by atoms with Crippen LogP contribution in [0.5, 0.6) is 0 Å². The Kier molecular flexibility index (Phi) is 3.18. The van der Waals surface area contributed by atoms with Crippen LogP contribution in [-0.2, 0) is 17.6 Å². The lowest BCUT2D eigenvalue weighted by Gasteiger charge is -2.20. The molecule has 1 unspecified atom stereocenters. The number of carboxylic acids is 1. The van der Waals surface area contributed by atoms with Crippen LogP contribution in [0.25, 0.3) is 11.5 Å². The second kappa shape index (κ2) is 5.00. The van der Waals surface area contributed by atoms with Crippen LogP contribution in [0.3, 0.4) is 0 Å². The van der Waals surface area contributed by atoms with E-state index in [1.54, 1.807) is 6.20 Å². The van der Waals surface area contributed by atoms with E-state index in [9.17, 15) is 4.79 Å². The Balaban J connectivity index is 1.93. The number of aromatic nitrogens is 3. The monoisotopic (exact) mass is 269 g/mol. The van der Waals surface area contributed by atoms with E-state index in [2.05, 4.69) is 15.0 Å². The maximum Gasteiger partial charge on any atom is 0.306 e. The van der Waals surface area contributed by atoms with E-state index in [0.29, 0.717) is 25.1 Å². The van der Waals surface area contributed by atoms with Gasteiger partial charge in [0, 0.05) is 17.6 Å². The van der Waals surface area contributed by atoms with Crippen molar-refractivity contribution in [1.29, 1.82) is 0 Å². The van der Waals surface area contributed by atoms with Gasteiger partial charge in [-0.05, 0) is 43.9 Å². The molecule has 1 atom stereocenters. The molecular formula is C15H15N3O2. The zero-order chi connectivity index (χ0) is 14.1. The molecule has 2 aromatic heterocycles. The smallest absolute Gasteiger partial charge is 0.306 e. The van der Waals surface area contributed by atoms with Crippen LogP contribution >= 0.6 is 0 Å². The molecule has 20 heavy (non-hydrogen) atoms. The summed E-state index contributed by atoms with van der Waals surface area (Å²) in [6.45, 7) is 1.93. The predicted molar refractivity (Wildman–Crippen MR) is 73.2 cm³/mol. The van der Waals surface area contributed by atoms with E-state index in [4.69, 9.17) is 5.11 Å². The van der Waals surface area contributed by atoms with Gasteiger partial charge < -0.3 is 5.11 Å². The third kappa shape index (κ3) is 2.39. The van der Waals surface area contributed by atoms with E-state index in [1.165, 1.54) is 0 Å². The predicted octanol–water partition coefficient (Wildman–Crippen LogP) is 2.04. The van der Waals surface area contributed by atoms with Crippen LogP contribution in [0.4, 0.5) is 0 Å². The normalized spacial score (nSPS) is 17.6. The van der Waals surface area contributed by atoms with Crippen LogP contribution in [0.1, 0.15) is 23.4 Å². The minimum atomic E-state index is -0.736. The molecular weight excluding hydrogens is 254 g/mol. The van der Waals surface area contributed by atoms with Crippen molar-refractivity contribution < 1.29 is 9.90 Å². The fraction of sp³-hybridized carbons (Fsp3) is 0.333. The molecule has 0 spiro atoms. The lowest BCUT2D eigenvalue weighted by Crippen LogP contribution is -2.23. The second-order valence-corrected chi connectivity index (χ2v) is 5.11. The van der Waals surface area contributed by atoms with Crippen molar-refractivity contribution in [1.82, 2.24) is 15.0 Å². The molecule has 0 amide bonds. The SMILES string of the molecule is Cc1cccc(-c2ncc3c(n2)CCC(C(=O)O)C3)n1. The number of hydrogen-bond acceptors (Lipinski definition) is 4. The Hall–Kier alpha value is -2.30. The van der Waals surface area contributed by atoms with Crippen molar-refractivity contribution in [2.45, 2.75) is 26.2 Å². The number of pyridine rings is 1. The van der Waals surface area contributed by atoms with Crippen molar-refractivity contribution in [3.8, 4) is 11.5 Å². The van der Waals surface area contributed by atoms with E-state index < -0.39 is 5.97 Å². The summed E-state index contributed by atoms with van der Waals surface area (Å²) in [5.41, 5.74) is 3.58. The highest BCUT2D eigenvalue weighted by Crippen LogP contribution is 2.25.